The number of hydrogen-bond acceptors (Lipinski definition) is 6. The van der Waals surface area contributed by atoms with Crippen LogP contribution in [0.4, 0.5) is 0 Å². The fourth-order valence-electron chi connectivity index (χ4n) is 8.29. The van der Waals surface area contributed by atoms with Crippen molar-refractivity contribution >= 4 is 17.9 Å². The van der Waals surface area contributed by atoms with Gasteiger partial charge in [0.05, 0.1) is 0 Å². The number of unbranched alkanes of at least 4 members (excludes halogenated alkanes) is 19. The number of carbonyl (C=O) groups excluding carboxylic acids is 3. The monoisotopic (exact) mass is 1090 g/mol. The number of rotatable bonds is 56. The molecule has 0 aromatic carbocycles. The van der Waals surface area contributed by atoms with Gasteiger partial charge in [-0.1, -0.05) is 269 Å². The van der Waals surface area contributed by atoms with Crippen molar-refractivity contribution in [2.75, 3.05) is 13.2 Å². The maximum atomic E-state index is 12.9. The smallest absolute Gasteiger partial charge is 0.306 e. The lowest BCUT2D eigenvalue weighted by molar-refractivity contribution is -0.166. The van der Waals surface area contributed by atoms with Crippen molar-refractivity contribution in [2.45, 2.75) is 271 Å². The fraction of sp³-hybridized carbons (Fsp3) is 0.603. The topological polar surface area (TPSA) is 78.9 Å². The van der Waals surface area contributed by atoms with Crippen LogP contribution in [0.15, 0.2) is 158 Å². The van der Waals surface area contributed by atoms with E-state index in [0.29, 0.717) is 12.8 Å². The summed E-state index contributed by atoms with van der Waals surface area (Å²) in [5.41, 5.74) is 0. The number of ether oxygens (including phenoxy) is 3. The number of hydrogen-bond donors (Lipinski definition) is 0. The third kappa shape index (κ3) is 63.7. The molecule has 79 heavy (non-hydrogen) atoms. The van der Waals surface area contributed by atoms with E-state index < -0.39 is 6.10 Å². The first-order chi connectivity index (χ1) is 39.0. The molecule has 0 saturated carbocycles. The van der Waals surface area contributed by atoms with Crippen LogP contribution in [0.3, 0.4) is 0 Å². The zero-order valence-corrected chi connectivity index (χ0v) is 50.8. The van der Waals surface area contributed by atoms with Crippen LogP contribution in [-0.4, -0.2) is 37.2 Å². The molecule has 0 aromatic heterocycles. The normalized spacial score (nSPS) is 13.2. The van der Waals surface area contributed by atoms with Crippen LogP contribution in [0.25, 0.3) is 0 Å². The third-order valence-electron chi connectivity index (χ3n) is 13.0. The van der Waals surface area contributed by atoms with E-state index in [9.17, 15) is 14.4 Å². The molecule has 0 fully saturated rings. The Morgan fingerprint density at radius 1 is 0.266 bits per heavy atom. The minimum absolute atomic E-state index is 0.119. The Hall–Kier alpha value is -4.97. The van der Waals surface area contributed by atoms with Gasteiger partial charge < -0.3 is 14.2 Å². The van der Waals surface area contributed by atoms with Gasteiger partial charge in [-0.25, -0.2) is 0 Å². The number of carbonyl (C=O) groups is 3. The highest BCUT2D eigenvalue weighted by Crippen LogP contribution is 2.14. The summed E-state index contributed by atoms with van der Waals surface area (Å²) in [5, 5.41) is 0. The Morgan fingerprint density at radius 3 is 0.848 bits per heavy atom. The van der Waals surface area contributed by atoms with E-state index in [4.69, 9.17) is 14.2 Å². The number of esters is 3. The highest BCUT2D eigenvalue weighted by Gasteiger charge is 2.19. The van der Waals surface area contributed by atoms with E-state index in [-0.39, 0.29) is 44.0 Å². The molecule has 0 aliphatic carbocycles. The summed E-state index contributed by atoms with van der Waals surface area (Å²) in [6.07, 6.45) is 95.5. The van der Waals surface area contributed by atoms with E-state index >= 15 is 0 Å². The molecule has 0 N–H and O–H groups in total. The molecule has 1 unspecified atom stereocenters. The third-order valence-corrected chi connectivity index (χ3v) is 13.0. The summed E-state index contributed by atoms with van der Waals surface area (Å²) in [6, 6.07) is 0. The van der Waals surface area contributed by atoms with Crippen LogP contribution < -0.4 is 0 Å². The molecule has 1 atom stereocenters. The van der Waals surface area contributed by atoms with Crippen molar-refractivity contribution in [2.24, 2.45) is 0 Å². The summed E-state index contributed by atoms with van der Waals surface area (Å²) in [7, 11) is 0. The molecule has 0 heterocycles. The minimum Gasteiger partial charge on any atom is -0.462 e. The largest absolute Gasteiger partial charge is 0.462 e. The van der Waals surface area contributed by atoms with Crippen LogP contribution in [0.1, 0.15) is 265 Å². The van der Waals surface area contributed by atoms with Crippen molar-refractivity contribution < 1.29 is 28.6 Å². The van der Waals surface area contributed by atoms with Gasteiger partial charge in [-0.2, -0.15) is 0 Å². The maximum absolute atomic E-state index is 12.9. The van der Waals surface area contributed by atoms with Crippen molar-refractivity contribution in [1.29, 1.82) is 0 Å². The van der Waals surface area contributed by atoms with Gasteiger partial charge in [0.2, 0.25) is 0 Å². The SMILES string of the molecule is CC/C=C\C/C=C\C/C=C\C/C=C\C/C=C\C/C=C\CCCCCCC(=O)OC(COC(=O)CC/C=C\C/C=C\C/C=C\C/C=C\CC)COC(=O)CCCCCCCCCCCC/C=C\C/C=C\C/C=C\CCCCCCC. The molecule has 0 saturated heterocycles. The van der Waals surface area contributed by atoms with Crippen LogP contribution in [0.2, 0.25) is 0 Å². The lowest BCUT2D eigenvalue weighted by Gasteiger charge is -2.18. The minimum atomic E-state index is -0.832. The molecule has 6 heteroatoms. The van der Waals surface area contributed by atoms with Crippen molar-refractivity contribution in [1.82, 2.24) is 0 Å². The highest BCUT2D eigenvalue weighted by molar-refractivity contribution is 5.71. The second kappa shape index (κ2) is 65.5. The molecular weight excluding hydrogens is 973 g/mol. The van der Waals surface area contributed by atoms with Crippen LogP contribution in [0, 0.1) is 0 Å². The van der Waals surface area contributed by atoms with Crippen molar-refractivity contribution in [3.05, 3.63) is 158 Å². The number of allylic oxidation sites excluding steroid dienone is 26. The summed E-state index contributed by atoms with van der Waals surface area (Å²) >= 11 is 0. The molecule has 0 aromatic rings. The van der Waals surface area contributed by atoms with E-state index in [2.05, 4.69) is 167 Å². The molecule has 0 amide bonds. The summed E-state index contributed by atoms with van der Waals surface area (Å²) in [6.45, 7) is 6.31. The fourth-order valence-corrected chi connectivity index (χ4v) is 8.29. The van der Waals surface area contributed by atoms with Gasteiger partial charge in [0, 0.05) is 19.3 Å². The van der Waals surface area contributed by atoms with Gasteiger partial charge in [0.15, 0.2) is 6.10 Å². The predicted octanol–water partition coefficient (Wildman–Crippen LogP) is 22.1. The van der Waals surface area contributed by atoms with Crippen LogP contribution in [-0.2, 0) is 28.6 Å². The van der Waals surface area contributed by atoms with E-state index in [0.717, 1.165) is 128 Å². The molecule has 0 radical (unpaired) electrons. The van der Waals surface area contributed by atoms with Crippen molar-refractivity contribution in [3.63, 3.8) is 0 Å². The Kier molecular flexibility index (Phi) is 61.4. The molecular formula is C73H116O6. The molecule has 0 rings (SSSR count). The molecule has 0 aliphatic rings. The van der Waals surface area contributed by atoms with Gasteiger partial charge in [-0.3, -0.25) is 14.4 Å². The van der Waals surface area contributed by atoms with Gasteiger partial charge in [-0.05, 0) is 135 Å². The average molecular weight is 1090 g/mol. The quantitative estimate of drug-likeness (QED) is 0.0261. The van der Waals surface area contributed by atoms with Gasteiger partial charge in [-0.15, -0.1) is 0 Å². The molecule has 0 aliphatic heterocycles. The zero-order valence-electron chi connectivity index (χ0n) is 50.8. The Morgan fingerprint density at radius 2 is 0.519 bits per heavy atom. The second-order valence-corrected chi connectivity index (χ2v) is 20.5. The van der Waals surface area contributed by atoms with Gasteiger partial charge in [0.1, 0.15) is 13.2 Å². The highest BCUT2D eigenvalue weighted by atomic mass is 16.6. The first-order valence-corrected chi connectivity index (χ1v) is 32.0. The Labute approximate surface area is 486 Å². The molecule has 0 spiro atoms. The van der Waals surface area contributed by atoms with E-state index in [1.54, 1.807) is 0 Å². The van der Waals surface area contributed by atoms with Crippen molar-refractivity contribution in [3.8, 4) is 0 Å². The molecule has 444 valence electrons. The van der Waals surface area contributed by atoms with Crippen LogP contribution in [0.5, 0.6) is 0 Å². The first kappa shape index (κ1) is 74.0. The summed E-state index contributed by atoms with van der Waals surface area (Å²) in [5.74, 6) is -1.04. The summed E-state index contributed by atoms with van der Waals surface area (Å²) < 4.78 is 16.8. The molecule has 0 bridgehead atoms. The van der Waals surface area contributed by atoms with E-state index in [1.165, 1.54) is 89.9 Å². The predicted molar refractivity (Wildman–Crippen MR) is 343 cm³/mol. The summed E-state index contributed by atoms with van der Waals surface area (Å²) in [4.78, 5) is 38.3. The lowest BCUT2D eigenvalue weighted by atomic mass is 10.1. The van der Waals surface area contributed by atoms with Gasteiger partial charge in [0.25, 0.3) is 0 Å². The lowest BCUT2D eigenvalue weighted by Crippen LogP contribution is -2.30. The van der Waals surface area contributed by atoms with Gasteiger partial charge >= 0.3 is 17.9 Å². The van der Waals surface area contributed by atoms with Crippen LogP contribution >= 0.6 is 0 Å². The second-order valence-electron chi connectivity index (χ2n) is 20.5. The first-order valence-electron chi connectivity index (χ1n) is 32.0. The average Bonchev–Trinajstić information content (AvgIpc) is 3.45. The zero-order chi connectivity index (χ0) is 57.1. The molecule has 6 nitrogen and oxygen atoms in total. The standard InChI is InChI=1S/C73H116O6/c1-4-7-10-13-16-19-22-25-27-29-31-33-35-36-38-39-41-43-45-48-51-54-57-60-63-66-72(75)78-69-70(68-77-71(74)65-62-59-56-53-50-47-24-21-18-15-12-9-6-3)79-73(76)67-64-61-58-55-52-49-46-44-42-40-37-34-32-30-28-26-23-20-17-14-11-8-5-2/h8-9,11-12,17-18,20-22,25-26,28-29,31-32,34-36,40,42,46-47,49-50,56,59,70H,4-7,10,13-16,19,23-24,27,30,33,37-39,41,43-45,48,51-55,57-58,60-69H2,1-3H3/b11-8-,12-9-,20-17-,21-18-,25-22-,28-26-,31-29-,34-32-,36-35-,42-40-,49-46-,50-47-,59-56-. The Bertz CT molecular complexity index is 1780. The maximum Gasteiger partial charge on any atom is 0.306 e. The van der Waals surface area contributed by atoms with E-state index in [1.807, 2.05) is 12.2 Å². The Balaban J connectivity index is 4.46.